The van der Waals surface area contributed by atoms with Gasteiger partial charge >= 0.3 is 17.9 Å². The van der Waals surface area contributed by atoms with E-state index in [9.17, 15) is 14.4 Å². The highest BCUT2D eigenvalue weighted by Gasteiger charge is 2.19. The molecule has 0 aromatic rings. The minimum absolute atomic E-state index is 0.112. The van der Waals surface area contributed by atoms with E-state index >= 15 is 0 Å². The Bertz CT molecular complexity index is 1660. The molecular weight excluding hydrogens is 889 g/mol. The van der Waals surface area contributed by atoms with Gasteiger partial charge in [-0.25, -0.2) is 0 Å². The van der Waals surface area contributed by atoms with Crippen LogP contribution in [0.5, 0.6) is 0 Å². The molecule has 0 saturated heterocycles. The first-order chi connectivity index (χ1) is 35.5. The second-order valence-electron chi connectivity index (χ2n) is 18.4. The zero-order chi connectivity index (χ0) is 52.2. The second kappa shape index (κ2) is 58.6. The fourth-order valence-corrected chi connectivity index (χ4v) is 7.26. The highest BCUT2D eigenvalue weighted by molar-refractivity contribution is 5.71. The van der Waals surface area contributed by atoms with Gasteiger partial charge in [0.05, 0.1) is 0 Å². The van der Waals surface area contributed by atoms with E-state index in [2.05, 4.69) is 81.5 Å². The lowest BCUT2D eigenvalue weighted by atomic mass is 10.1. The van der Waals surface area contributed by atoms with Crippen molar-refractivity contribution >= 4 is 17.9 Å². The highest BCUT2D eigenvalue weighted by Crippen LogP contribution is 2.14. The molecule has 6 heteroatoms. The number of hydrogen-bond donors (Lipinski definition) is 0. The standard InChI is InChI=1S/C66H102O6/c1-4-7-10-13-16-19-22-25-28-31-33-36-38-41-44-47-50-53-56-59-65(68)71-62-63(61-70-64(67)58-55-52-49-46-43-40-37-34-30-27-24-21-18-15-12-9-6-3)72-66(69)60-57-54-51-48-45-42-39-35-32-29-26-23-20-17-14-11-8-5-2/h9,11-12,14-27,29-30,32,34-35,37,39-40,43,63H,4-8,10,13,28,31,33,36,38,41-42,44-62H2,1-3H3/b12-9-,14-11-,18-15-,19-16-,20-17-,24-21-,25-22-,26-23-,30-27-,32-29-,37-34+,39-35-,43-40-. The number of allylic oxidation sites excluding steroid dienone is 26. The third-order valence-electron chi connectivity index (χ3n) is 11.5. The number of hydrogen-bond acceptors (Lipinski definition) is 6. The van der Waals surface area contributed by atoms with Gasteiger partial charge in [-0.3, -0.25) is 14.4 Å². The van der Waals surface area contributed by atoms with Crippen LogP contribution in [0.3, 0.4) is 0 Å². The van der Waals surface area contributed by atoms with Gasteiger partial charge in [-0.1, -0.05) is 275 Å². The van der Waals surface area contributed by atoms with E-state index in [0.29, 0.717) is 12.8 Å². The van der Waals surface area contributed by atoms with E-state index in [1.165, 1.54) is 83.5 Å². The molecule has 6 nitrogen and oxygen atoms in total. The molecule has 0 amide bonds. The number of carbonyl (C=O) groups excluding carboxylic acids is 3. The molecule has 0 fully saturated rings. The van der Waals surface area contributed by atoms with Crippen LogP contribution in [-0.4, -0.2) is 37.2 Å². The summed E-state index contributed by atoms with van der Waals surface area (Å²) in [5.41, 5.74) is 0. The SMILES string of the molecule is CC\C=C/C=C\C=C/C=C\C=C\C=C/CCCCCC(=O)OCC(COC(=O)CCCCCCCCCCCC/C=C\C=C/CCCCC)OC(=O)CCCCCCC\C=C/C=C\C=C/C=C\C=C/CCC. The molecular formula is C66H102O6. The van der Waals surface area contributed by atoms with E-state index in [4.69, 9.17) is 14.2 Å². The van der Waals surface area contributed by atoms with E-state index in [1.54, 1.807) is 0 Å². The van der Waals surface area contributed by atoms with Crippen LogP contribution in [0.4, 0.5) is 0 Å². The molecule has 0 spiro atoms. The predicted molar refractivity (Wildman–Crippen MR) is 311 cm³/mol. The first-order valence-corrected chi connectivity index (χ1v) is 28.7. The van der Waals surface area contributed by atoms with Crippen molar-refractivity contribution in [2.75, 3.05) is 13.2 Å². The van der Waals surface area contributed by atoms with Gasteiger partial charge in [0.2, 0.25) is 0 Å². The van der Waals surface area contributed by atoms with Crippen molar-refractivity contribution in [3.63, 3.8) is 0 Å². The molecule has 0 rings (SSSR count). The minimum Gasteiger partial charge on any atom is -0.462 e. The summed E-state index contributed by atoms with van der Waals surface area (Å²) in [6.07, 6.45) is 85.0. The smallest absolute Gasteiger partial charge is 0.306 e. The molecule has 0 aliphatic carbocycles. The van der Waals surface area contributed by atoms with Crippen LogP contribution in [0.1, 0.15) is 220 Å². The average Bonchev–Trinajstić information content (AvgIpc) is 3.38. The van der Waals surface area contributed by atoms with Crippen molar-refractivity contribution < 1.29 is 28.6 Å². The number of rotatable bonds is 49. The van der Waals surface area contributed by atoms with E-state index in [1.807, 2.05) is 97.2 Å². The van der Waals surface area contributed by atoms with Crippen molar-refractivity contribution in [1.82, 2.24) is 0 Å². The van der Waals surface area contributed by atoms with Crippen LogP contribution in [0, 0.1) is 0 Å². The zero-order valence-electron chi connectivity index (χ0n) is 45.9. The summed E-state index contributed by atoms with van der Waals surface area (Å²) >= 11 is 0. The Labute approximate surface area is 441 Å². The Hall–Kier alpha value is -4.97. The highest BCUT2D eigenvalue weighted by atomic mass is 16.6. The summed E-state index contributed by atoms with van der Waals surface area (Å²) in [6.45, 7) is 6.30. The predicted octanol–water partition coefficient (Wildman–Crippen LogP) is 19.4. The number of carbonyl (C=O) groups is 3. The summed E-state index contributed by atoms with van der Waals surface area (Å²) in [7, 11) is 0. The Balaban J connectivity index is 4.56. The fraction of sp³-hybridized carbons (Fsp3) is 0.561. The lowest BCUT2D eigenvalue weighted by Gasteiger charge is -2.18. The number of unbranched alkanes of at least 4 members (excludes halogenated alkanes) is 22. The monoisotopic (exact) mass is 991 g/mol. The van der Waals surface area contributed by atoms with Crippen LogP contribution in [0.15, 0.2) is 158 Å². The van der Waals surface area contributed by atoms with Gasteiger partial charge in [0.1, 0.15) is 13.2 Å². The summed E-state index contributed by atoms with van der Waals surface area (Å²) in [5, 5.41) is 0. The lowest BCUT2D eigenvalue weighted by Crippen LogP contribution is -2.30. The van der Waals surface area contributed by atoms with Crippen LogP contribution >= 0.6 is 0 Å². The average molecular weight is 992 g/mol. The molecule has 0 aromatic heterocycles. The fourth-order valence-electron chi connectivity index (χ4n) is 7.26. The molecule has 0 saturated carbocycles. The summed E-state index contributed by atoms with van der Waals surface area (Å²) in [4.78, 5) is 38.2. The summed E-state index contributed by atoms with van der Waals surface area (Å²) in [5.74, 6) is -0.994. The molecule has 0 radical (unpaired) electrons. The quantitative estimate of drug-likeness (QED) is 0.0262. The maximum atomic E-state index is 12.9. The van der Waals surface area contributed by atoms with Crippen LogP contribution in [0.2, 0.25) is 0 Å². The molecule has 72 heavy (non-hydrogen) atoms. The van der Waals surface area contributed by atoms with Crippen molar-refractivity contribution in [3.05, 3.63) is 158 Å². The van der Waals surface area contributed by atoms with Gasteiger partial charge in [-0.2, -0.15) is 0 Å². The molecule has 0 aliphatic rings. The first-order valence-electron chi connectivity index (χ1n) is 28.7. The summed E-state index contributed by atoms with van der Waals surface area (Å²) in [6, 6.07) is 0. The molecule has 0 bridgehead atoms. The van der Waals surface area contributed by atoms with Crippen LogP contribution < -0.4 is 0 Å². The molecule has 402 valence electrons. The third kappa shape index (κ3) is 56.0. The van der Waals surface area contributed by atoms with Gasteiger partial charge in [0.25, 0.3) is 0 Å². The Morgan fingerprint density at radius 1 is 0.292 bits per heavy atom. The Kier molecular flexibility index (Phi) is 54.6. The minimum atomic E-state index is -0.821. The number of esters is 3. The maximum absolute atomic E-state index is 12.9. The molecule has 0 aliphatic heterocycles. The molecule has 1 unspecified atom stereocenters. The molecule has 1 atom stereocenters. The second-order valence-corrected chi connectivity index (χ2v) is 18.4. The van der Waals surface area contributed by atoms with Gasteiger partial charge in [-0.15, -0.1) is 0 Å². The van der Waals surface area contributed by atoms with Crippen molar-refractivity contribution in [3.8, 4) is 0 Å². The normalized spacial score (nSPS) is 13.3. The number of ether oxygens (including phenoxy) is 3. The van der Waals surface area contributed by atoms with Crippen molar-refractivity contribution in [1.29, 1.82) is 0 Å². The zero-order valence-corrected chi connectivity index (χ0v) is 45.9. The van der Waals surface area contributed by atoms with Crippen LogP contribution in [0.25, 0.3) is 0 Å². The Morgan fingerprint density at radius 2 is 0.569 bits per heavy atom. The van der Waals surface area contributed by atoms with Crippen LogP contribution in [-0.2, 0) is 28.6 Å². The lowest BCUT2D eigenvalue weighted by molar-refractivity contribution is -0.167. The van der Waals surface area contributed by atoms with Gasteiger partial charge in [0, 0.05) is 19.3 Å². The third-order valence-corrected chi connectivity index (χ3v) is 11.5. The van der Waals surface area contributed by atoms with Crippen molar-refractivity contribution in [2.24, 2.45) is 0 Å². The summed E-state index contributed by atoms with van der Waals surface area (Å²) < 4.78 is 16.8. The van der Waals surface area contributed by atoms with E-state index in [0.717, 1.165) is 96.3 Å². The molecule has 0 aromatic carbocycles. The topological polar surface area (TPSA) is 78.9 Å². The van der Waals surface area contributed by atoms with Gasteiger partial charge in [-0.05, 0) is 83.5 Å². The first kappa shape index (κ1) is 67.0. The van der Waals surface area contributed by atoms with E-state index < -0.39 is 6.10 Å². The molecule has 0 N–H and O–H groups in total. The van der Waals surface area contributed by atoms with Crippen molar-refractivity contribution in [2.45, 2.75) is 226 Å². The van der Waals surface area contributed by atoms with Gasteiger partial charge in [0.15, 0.2) is 6.10 Å². The molecule has 0 heterocycles. The Morgan fingerprint density at radius 3 is 0.931 bits per heavy atom. The van der Waals surface area contributed by atoms with E-state index in [-0.39, 0.29) is 37.5 Å². The van der Waals surface area contributed by atoms with Gasteiger partial charge < -0.3 is 14.2 Å². The maximum Gasteiger partial charge on any atom is 0.306 e. The largest absolute Gasteiger partial charge is 0.462 e.